The Hall–Kier alpha value is -1.60. The fourth-order valence-corrected chi connectivity index (χ4v) is 2.26. The molecular weight excluding hydrogens is 232 g/mol. The summed E-state index contributed by atoms with van der Waals surface area (Å²) < 4.78 is 6.00. The second-order valence-corrected chi connectivity index (χ2v) is 4.77. The molecule has 2 aromatic rings. The van der Waals surface area contributed by atoms with Crippen LogP contribution in [-0.2, 0) is 11.2 Å². The zero-order valence-corrected chi connectivity index (χ0v) is 11.6. The molecule has 0 aliphatic rings. The molecule has 0 bridgehead atoms. The highest BCUT2D eigenvalue weighted by Crippen LogP contribution is 2.20. The lowest BCUT2D eigenvalue weighted by atomic mass is 10.1. The summed E-state index contributed by atoms with van der Waals surface area (Å²) in [5, 5.41) is 0. The van der Waals surface area contributed by atoms with Crippen molar-refractivity contribution >= 4 is 0 Å². The van der Waals surface area contributed by atoms with Gasteiger partial charge in [0.1, 0.15) is 0 Å². The van der Waals surface area contributed by atoms with Crippen LogP contribution < -0.4 is 0 Å². The number of rotatable bonds is 7. The molecule has 0 radical (unpaired) electrons. The molecule has 0 spiro atoms. The molecule has 19 heavy (non-hydrogen) atoms. The monoisotopic (exact) mass is 254 g/mol. The molecule has 0 amide bonds. The lowest BCUT2D eigenvalue weighted by molar-refractivity contribution is 0.0485. The van der Waals surface area contributed by atoms with E-state index in [1.165, 1.54) is 11.1 Å². The van der Waals surface area contributed by atoms with Crippen LogP contribution in [0.25, 0.3) is 0 Å². The predicted molar refractivity (Wildman–Crippen MR) is 80.2 cm³/mol. The quantitative estimate of drug-likeness (QED) is 0.646. The molecule has 1 heteroatoms. The average Bonchev–Trinajstić information content (AvgIpc) is 2.49. The van der Waals surface area contributed by atoms with Gasteiger partial charge in [-0.25, -0.2) is 0 Å². The summed E-state index contributed by atoms with van der Waals surface area (Å²) in [6.45, 7) is 3.00. The van der Waals surface area contributed by atoms with E-state index in [-0.39, 0.29) is 6.10 Å². The predicted octanol–water partition coefficient (Wildman–Crippen LogP) is 4.79. The van der Waals surface area contributed by atoms with E-state index in [0.717, 1.165) is 25.9 Å². The molecule has 1 atom stereocenters. The van der Waals surface area contributed by atoms with Gasteiger partial charge in [0.05, 0.1) is 6.10 Å². The van der Waals surface area contributed by atoms with Crippen LogP contribution in [0.3, 0.4) is 0 Å². The molecule has 0 aromatic heterocycles. The molecule has 2 rings (SSSR count). The van der Waals surface area contributed by atoms with Crippen molar-refractivity contribution in [2.45, 2.75) is 32.3 Å². The summed E-state index contributed by atoms with van der Waals surface area (Å²) in [4.78, 5) is 0. The fraction of sp³-hybridized carbons (Fsp3) is 0.333. The van der Waals surface area contributed by atoms with Crippen LogP contribution in [0, 0.1) is 0 Å². The third kappa shape index (κ3) is 4.53. The number of aryl methyl sites for hydroxylation is 1. The van der Waals surface area contributed by atoms with Crippen LogP contribution in [0.5, 0.6) is 0 Å². The topological polar surface area (TPSA) is 9.23 Å². The van der Waals surface area contributed by atoms with Crippen molar-refractivity contribution in [3.8, 4) is 0 Å². The van der Waals surface area contributed by atoms with E-state index < -0.39 is 0 Å². The summed E-state index contributed by atoms with van der Waals surface area (Å²) in [7, 11) is 0. The van der Waals surface area contributed by atoms with E-state index in [1.807, 2.05) is 6.07 Å². The van der Waals surface area contributed by atoms with Gasteiger partial charge < -0.3 is 4.74 Å². The van der Waals surface area contributed by atoms with Gasteiger partial charge in [0.25, 0.3) is 0 Å². The van der Waals surface area contributed by atoms with E-state index in [1.54, 1.807) is 0 Å². The first-order valence-corrected chi connectivity index (χ1v) is 7.10. The SMILES string of the molecule is CCC(OCCCc1ccccc1)c1ccccc1. The second-order valence-electron chi connectivity index (χ2n) is 4.77. The van der Waals surface area contributed by atoms with E-state index in [9.17, 15) is 0 Å². The Morgan fingerprint density at radius 3 is 2.16 bits per heavy atom. The Morgan fingerprint density at radius 2 is 1.53 bits per heavy atom. The van der Waals surface area contributed by atoms with Crippen molar-refractivity contribution in [1.82, 2.24) is 0 Å². The smallest absolute Gasteiger partial charge is 0.0822 e. The molecule has 0 heterocycles. The maximum atomic E-state index is 6.00. The third-order valence-corrected chi connectivity index (χ3v) is 3.31. The second kappa shape index (κ2) is 7.75. The number of ether oxygens (including phenoxy) is 1. The third-order valence-electron chi connectivity index (χ3n) is 3.31. The molecule has 0 saturated carbocycles. The van der Waals surface area contributed by atoms with Crippen molar-refractivity contribution in [3.05, 3.63) is 71.8 Å². The molecule has 1 nitrogen and oxygen atoms in total. The zero-order valence-electron chi connectivity index (χ0n) is 11.6. The Labute approximate surface area is 116 Å². The number of benzene rings is 2. The van der Waals surface area contributed by atoms with Gasteiger partial charge in [0.2, 0.25) is 0 Å². The number of hydrogen-bond donors (Lipinski definition) is 0. The summed E-state index contributed by atoms with van der Waals surface area (Å²) in [6.07, 6.45) is 3.42. The first kappa shape index (κ1) is 13.8. The van der Waals surface area contributed by atoms with Crippen LogP contribution in [0.2, 0.25) is 0 Å². The minimum atomic E-state index is 0.233. The van der Waals surface area contributed by atoms with Gasteiger partial charge in [-0.1, -0.05) is 67.6 Å². The van der Waals surface area contributed by atoms with Crippen LogP contribution in [0.4, 0.5) is 0 Å². The molecule has 100 valence electrons. The fourth-order valence-electron chi connectivity index (χ4n) is 2.26. The van der Waals surface area contributed by atoms with Gasteiger partial charge in [-0.3, -0.25) is 0 Å². The van der Waals surface area contributed by atoms with E-state index >= 15 is 0 Å². The summed E-state index contributed by atoms with van der Waals surface area (Å²) in [6, 6.07) is 21.1. The van der Waals surface area contributed by atoms with Crippen molar-refractivity contribution in [2.75, 3.05) is 6.61 Å². The first-order valence-electron chi connectivity index (χ1n) is 7.10. The molecule has 0 aliphatic heterocycles. The normalized spacial score (nSPS) is 12.3. The van der Waals surface area contributed by atoms with Gasteiger partial charge in [-0.2, -0.15) is 0 Å². The maximum absolute atomic E-state index is 6.00. The van der Waals surface area contributed by atoms with Gasteiger partial charge >= 0.3 is 0 Å². The van der Waals surface area contributed by atoms with Crippen molar-refractivity contribution in [3.63, 3.8) is 0 Å². The standard InChI is InChI=1S/C18H22O/c1-2-18(17-13-7-4-8-14-17)19-15-9-12-16-10-5-3-6-11-16/h3-8,10-11,13-14,18H,2,9,12,15H2,1H3. The highest BCUT2D eigenvalue weighted by molar-refractivity contribution is 5.17. The zero-order chi connectivity index (χ0) is 13.3. The van der Waals surface area contributed by atoms with Crippen molar-refractivity contribution in [1.29, 1.82) is 0 Å². The Morgan fingerprint density at radius 1 is 0.895 bits per heavy atom. The molecule has 0 N–H and O–H groups in total. The summed E-state index contributed by atoms with van der Waals surface area (Å²) in [5.41, 5.74) is 2.67. The van der Waals surface area contributed by atoms with E-state index in [2.05, 4.69) is 61.5 Å². The van der Waals surface area contributed by atoms with Crippen molar-refractivity contribution in [2.24, 2.45) is 0 Å². The number of hydrogen-bond acceptors (Lipinski definition) is 1. The van der Waals surface area contributed by atoms with Crippen LogP contribution in [0.1, 0.15) is 37.0 Å². The minimum absolute atomic E-state index is 0.233. The lowest BCUT2D eigenvalue weighted by Crippen LogP contribution is -2.05. The first-order chi connectivity index (χ1) is 9.40. The largest absolute Gasteiger partial charge is 0.374 e. The molecule has 0 aliphatic carbocycles. The molecule has 0 fully saturated rings. The van der Waals surface area contributed by atoms with Gasteiger partial charge in [0.15, 0.2) is 0 Å². The highest BCUT2D eigenvalue weighted by atomic mass is 16.5. The lowest BCUT2D eigenvalue weighted by Gasteiger charge is -2.16. The van der Waals surface area contributed by atoms with Crippen LogP contribution >= 0.6 is 0 Å². The minimum Gasteiger partial charge on any atom is -0.374 e. The molecule has 2 aromatic carbocycles. The van der Waals surface area contributed by atoms with Gasteiger partial charge in [-0.05, 0) is 30.4 Å². The molecular formula is C18H22O. The summed E-state index contributed by atoms with van der Waals surface area (Å²) in [5.74, 6) is 0. The highest BCUT2D eigenvalue weighted by Gasteiger charge is 2.08. The molecule has 0 saturated heterocycles. The Balaban J connectivity index is 1.75. The van der Waals surface area contributed by atoms with Gasteiger partial charge in [0, 0.05) is 6.61 Å². The van der Waals surface area contributed by atoms with Crippen LogP contribution in [-0.4, -0.2) is 6.61 Å². The average molecular weight is 254 g/mol. The van der Waals surface area contributed by atoms with Crippen LogP contribution in [0.15, 0.2) is 60.7 Å². The maximum Gasteiger partial charge on any atom is 0.0822 e. The Kier molecular flexibility index (Phi) is 5.64. The van der Waals surface area contributed by atoms with E-state index in [0.29, 0.717) is 0 Å². The Bertz CT molecular complexity index is 450. The van der Waals surface area contributed by atoms with Gasteiger partial charge in [-0.15, -0.1) is 0 Å². The van der Waals surface area contributed by atoms with Crippen molar-refractivity contribution < 1.29 is 4.74 Å². The summed E-state index contributed by atoms with van der Waals surface area (Å²) >= 11 is 0. The van der Waals surface area contributed by atoms with E-state index in [4.69, 9.17) is 4.74 Å². The molecule has 1 unspecified atom stereocenters.